The molecule has 0 unspecified atom stereocenters. The number of amides is 2. The number of hydrogen-bond acceptors (Lipinski definition) is 5. The predicted molar refractivity (Wildman–Crippen MR) is 97.0 cm³/mol. The highest BCUT2D eigenvalue weighted by molar-refractivity contribution is 6.32. The Labute approximate surface area is 150 Å². The molecule has 1 heterocycles. The van der Waals surface area contributed by atoms with Crippen LogP contribution >= 0.6 is 11.6 Å². The maximum absolute atomic E-state index is 12.1. The van der Waals surface area contributed by atoms with Gasteiger partial charge in [0.1, 0.15) is 5.75 Å². The van der Waals surface area contributed by atoms with E-state index in [9.17, 15) is 9.59 Å². The Morgan fingerprint density at radius 1 is 1.16 bits per heavy atom. The third-order valence-electron chi connectivity index (χ3n) is 3.21. The van der Waals surface area contributed by atoms with E-state index in [0.717, 1.165) is 0 Å². The first kappa shape index (κ1) is 18.7. The van der Waals surface area contributed by atoms with E-state index >= 15 is 0 Å². The van der Waals surface area contributed by atoms with E-state index in [1.807, 2.05) is 0 Å². The number of carbonyl (C=O) groups is 2. The summed E-state index contributed by atoms with van der Waals surface area (Å²) in [6, 6.07) is 10.4. The van der Waals surface area contributed by atoms with Crippen molar-refractivity contribution in [3.8, 4) is 5.75 Å². The van der Waals surface area contributed by atoms with Gasteiger partial charge in [-0.05, 0) is 31.3 Å². The smallest absolute Gasteiger partial charge is 0.238 e. The molecule has 2 aromatic rings. The van der Waals surface area contributed by atoms with Crippen LogP contribution in [-0.4, -0.2) is 48.9 Å². The second-order valence-electron chi connectivity index (χ2n) is 5.34. The molecular formula is C17H19ClN4O3. The van der Waals surface area contributed by atoms with Crippen molar-refractivity contribution in [3.05, 3.63) is 47.7 Å². The summed E-state index contributed by atoms with van der Waals surface area (Å²) in [5.41, 5.74) is 1.06. The molecule has 0 aliphatic carbocycles. The molecule has 0 saturated carbocycles. The molecule has 1 aromatic carbocycles. The lowest BCUT2D eigenvalue weighted by molar-refractivity contribution is -0.119. The van der Waals surface area contributed by atoms with E-state index in [4.69, 9.17) is 16.3 Å². The van der Waals surface area contributed by atoms with Crippen molar-refractivity contribution >= 4 is 34.8 Å². The first-order valence-electron chi connectivity index (χ1n) is 7.50. The number of pyridine rings is 1. The molecular weight excluding hydrogens is 344 g/mol. The van der Waals surface area contributed by atoms with Crippen LogP contribution in [0.15, 0.2) is 42.6 Å². The van der Waals surface area contributed by atoms with Crippen LogP contribution in [0.4, 0.5) is 11.4 Å². The largest absolute Gasteiger partial charge is 0.497 e. The number of aromatic nitrogens is 1. The lowest BCUT2D eigenvalue weighted by atomic mass is 10.3. The fraction of sp³-hybridized carbons (Fsp3) is 0.235. The minimum atomic E-state index is -0.286. The Bertz CT molecular complexity index is 754. The second-order valence-corrected chi connectivity index (χ2v) is 5.70. The average molecular weight is 363 g/mol. The van der Waals surface area contributed by atoms with Gasteiger partial charge in [-0.15, -0.1) is 0 Å². The Kier molecular flexibility index (Phi) is 6.73. The summed E-state index contributed by atoms with van der Waals surface area (Å²) in [5.74, 6) is 0.133. The van der Waals surface area contributed by atoms with Crippen LogP contribution in [0.3, 0.4) is 0 Å². The number of nitrogens with one attached hydrogen (secondary N) is 2. The van der Waals surface area contributed by atoms with Crippen molar-refractivity contribution in [1.82, 2.24) is 9.88 Å². The second kappa shape index (κ2) is 9.00. The SMILES string of the molecule is COc1cccc(NC(=O)CN(C)CC(=O)Nc2cccnc2Cl)c1. The number of carbonyl (C=O) groups excluding carboxylic acids is 2. The van der Waals surface area contributed by atoms with E-state index in [0.29, 0.717) is 17.1 Å². The van der Waals surface area contributed by atoms with Gasteiger partial charge < -0.3 is 15.4 Å². The van der Waals surface area contributed by atoms with Crippen LogP contribution in [0, 0.1) is 0 Å². The zero-order chi connectivity index (χ0) is 18.2. The maximum atomic E-state index is 12.1. The number of hydrogen-bond donors (Lipinski definition) is 2. The van der Waals surface area contributed by atoms with Crippen molar-refractivity contribution < 1.29 is 14.3 Å². The summed E-state index contributed by atoms with van der Waals surface area (Å²) in [7, 11) is 3.23. The van der Waals surface area contributed by atoms with Gasteiger partial charge in [0.2, 0.25) is 11.8 Å². The number of rotatable bonds is 7. The third kappa shape index (κ3) is 6.06. The number of ether oxygens (including phenoxy) is 1. The number of methoxy groups -OCH3 is 1. The molecule has 0 spiro atoms. The molecule has 0 bridgehead atoms. The number of anilines is 2. The summed E-state index contributed by atoms with van der Waals surface area (Å²) in [6.07, 6.45) is 1.53. The molecule has 0 atom stereocenters. The summed E-state index contributed by atoms with van der Waals surface area (Å²) in [6.45, 7) is 0.0994. The lowest BCUT2D eigenvalue weighted by Gasteiger charge is -2.16. The molecule has 2 N–H and O–H groups in total. The molecule has 7 nitrogen and oxygen atoms in total. The number of benzene rings is 1. The molecule has 0 aliphatic rings. The fourth-order valence-electron chi connectivity index (χ4n) is 2.12. The van der Waals surface area contributed by atoms with Gasteiger partial charge in [0.05, 0.1) is 25.9 Å². The van der Waals surface area contributed by atoms with Crippen molar-refractivity contribution in [2.24, 2.45) is 0 Å². The fourth-order valence-corrected chi connectivity index (χ4v) is 2.28. The molecule has 8 heteroatoms. The molecule has 0 aliphatic heterocycles. The number of nitrogens with zero attached hydrogens (tertiary/aromatic N) is 2. The normalized spacial score (nSPS) is 10.4. The van der Waals surface area contributed by atoms with Gasteiger partial charge in [0.25, 0.3) is 0 Å². The first-order chi connectivity index (χ1) is 12.0. The van der Waals surface area contributed by atoms with Gasteiger partial charge in [-0.25, -0.2) is 4.98 Å². The van der Waals surface area contributed by atoms with E-state index < -0.39 is 0 Å². The van der Waals surface area contributed by atoms with Crippen LogP contribution in [-0.2, 0) is 9.59 Å². The monoisotopic (exact) mass is 362 g/mol. The Hall–Kier alpha value is -2.64. The number of halogens is 1. The van der Waals surface area contributed by atoms with Crippen LogP contribution in [0.5, 0.6) is 5.75 Å². The molecule has 132 valence electrons. The third-order valence-corrected chi connectivity index (χ3v) is 3.51. The average Bonchev–Trinajstić information content (AvgIpc) is 2.56. The highest BCUT2D eigenvalue weighted by Gasteiger charge is 2.12. The summed E-state index contributed by atoms with van der Waals surface area (Å²) >= 11 is 5.89. The van der Waals surface area contributed by atoms with Gasteiger partial charge in [-0.3, -0.25) is 14.5 Å². The van der Waals surface area contributed by atoms with Gasteiger partial charge in [-0.2, -0.15) is 0 Å². The van der Waals surface area contributed by atoms with Crippen LogP contribution < -0.4 is 15.4 Å². The molecule has 1 aromatic heterocycles. The van der Waals surface area contributed by atoms with E-state index in [1.165, 1.54) is 6.20 Å². The summed E-state index contributed by atoms with van der Waals surface area (Å²) < 4.78 is 5.11. The van der Waals surface area contributed by atoms with Gasteiger partial charge in [0.15, 0.2) is 5.15 Å². The van der Waals surface area contributed by atoms with Crippen LogP contribution in [0.2, 0.25) is 5.15 Å². The van der Waals surface area contributed by atoms with Gasteiger partial charge in [-0.1, -0.05) is 17.7 Å². The van der Waals surface area contributed by atoms with Crippen LogP contribution in [0.1, 0.15) is 0 Å². The van der Waals surface area contributed by atoms with Crippen molar-refractivity contribution in [1.29, 1.82) is 0 Å². The highest BCUT2D eigenvalue weighted by atomic mass is 35.5. The standard InChI is InChI=1S/C17H19ClN4O3/c1-22(11-16(24)21-14-7-4-8-19-17(14)18)10-15(23)20-12-5-3-6-13(9-12)25-2/h3-9H,10-11H2,1-2H3,(H,20,23)(H,21,24). The Morgan fingerprint density at radius 2 is 1.88 bits per heavy atom. The van der Waals surface area contributed by atoms with Crippen molar-refractivity contribution in [3.63, 3.8) is 0 Å². The summed E-state index contributed by atoms with van der Waals surface area (Å²) in [4.78, 5) is 29.5. The number of likely N-dealkylation sites (N-methyl/N-ethyl adjacent to an activating group) is 1. The first-order valence-corrected chi connectivity index (χ1v) is 7.88. The van der Waals surface area contributed by atoms with Crippen molar-refractivity contribution in [2.45, 2.75) is 0 Å². The molecule has 25 heavy (non-hydrogen) atoms. The maximum Gasteiger partial charge on any atom is 0.238 e. The predicted octanol–water partition coefficient (Wildman–Crippen LogP) is 2.25. The topological polar surface area (TPSA) is 83.6 Å². The molecule has 0 radical (unpaired) electrons. The van der Waals surface area contributed by atoms with Gasteiger partial charge >= 0.3 is 0 Å². The van der Waals surface area contributed by atoms with E-state index in [1.54, 1.807) is 55.5 Å². The van der Waals surface area contributed by atoms with Crippen molar-refractivity contribution in [2.75, 3.05) is 37.9 Å². The highest BCUT2D eigenvalue weighted by Crippen LogP contribution is 2.17. The Morgan fingerprint density at radius 3 is 2.56 bits per heavy atom. The lowest BCUT2D eigenvalue weighted by Crippen LogP contribution is -2.36. The minimum absolute atomic E-state index is 0.0384. The molecule has 0 fully saturated rings. The molecule has 2 rings (SSSR count). The molecule has 0 saturated heterocycles. The van der Waals surface area contributed by atoms with E-state index in [2.05, 4.69) is 15.6 Å². The minimum Gasteiger partial charge on any atom is -0.497 e. The van der Waals surface area contributed by atoms with Gasteiger partial charge in [0, 0.05) is 18.0 Å². The van der Waals surface area contributed by atoms with Crippen LogP contribution in [0.25, 0.3) is 0 Å². The molecule has 2 amide bonds. The summed E-state index contributed by atoms with van der Waals surface area (Å²) in [5, 5.41) is 5.63. The zero-order valence-corrected chi connectivity index (χ0v) is 14.7. The zero-order valence-electron chi connectivity index (χ0n) is 14.0. The van der Waals surface area contributed by atoms with E-state index in [-0.39, 0.29) is 30.1 Å². The quantitative estimate of drug-likeness (QED) is 0.738. The Balaban J connectivity index is 1.82.